The normalized spacial score (nSPS) is 11.3. The van der Waals surface area contributed by atoms with E-state index in [1.54, 1.807) is 57.0 Å². The molecule has 0 radical (unpaired) electrons. The quantitative estimate of drug-likeness (QED) is 0.650. The molecular weight excluding hydrogens is 388 g/mol. The molecule has 0 amide bonds. The molecule has 0 fully saturated rings. The van der Waals surface area contributed by atoms with Crippen LogP contribution in [-0.2, 0) is 16.5 Å². The van der Waals surface area contributed by atoms with Gasteiger partial charge in [-0.1, -0.05) is 0 Å². The molecule has 3 heterocycles. The number of esters is 1. The highest BCUT2D eigenvalue weighted by Crippen LogP contribution is 2.26. The van der Waals surface area contributed by atoms with Crippen LogP contribution >= 0.6 is 0 Å². The van der Waals surface area contributed by atoms with Crippen molar-refractivity contribution in [3.05, 3.63) is 42.0 Å². The van der Waals surface area contributed by atoms with Gasteiger partial charge in [-0.3, -0.25) is 4.68 Å². The minimum Gasteiger partial charge on any atom is -0.464 e. The molecule has 0 bridgehead atoms. The van der Waals surface area contributed by atoms with Gasteiger partial charge in [-0.05, 0) is 39.3 Å². The second kappa shape index (κ2) is 7.97. The predicted molar refractivity (Wildman–Crippen MR) is 110 cm³/mol. The average Bonchev–Trinajstić information content (AvgIpc) is 3.28. The van der Waals surface area contributed by atoms with Crippen LogP contribution in [0.5, 0.6) is 0 Å². The first-order chi connectivity index (χ1) is 14.1. The molecule has 0 saturated carbocycles. The Kier molecular flexibility index (Phi) is 5.59. The molecule has 3 rings (SSSR count). The number of methoxy groups -OCH3 is 1. The van der Waals surface area contributed by atoms with E-state index in [4.69, 9.17) is 9.47 Å². The third-order valence-electron chi connectivity index (χ3n) is 4.11. The number of nitrogens with one attached hydrogen (secondary N) is 1. The average molecular weight is 412 g/mol. The standard InChI is InChI=1S/C20H24N6O4/c1-12-10-21-18(23-15-7-8-22-25(15)5)24-16(12)13-9-14(17(27)29-6)26(11-13)19(28)30-20(2,3)4/h7-11H,1-6H3,(H,21,23,24). The Hall–Kier alpha value is -3.69. The van der Waals surface area contributed by atoms with Gasteiger partial charge in [0.2, 0.25) is 5.95 Å². The van der Waals surface area contributed by atoms with Crippen molar-refractivity contribution in [2.24, 2.45) is 7.05 Å². The Bertz CT molecular complexity index is 1090. The summed E-state index contributed by atoms with van der Waals surface area (Å²) in [6, 6.07) is 3.33. The fraction of sp³-hybridized carbons (Fsp3) is 0.350. The number of hydrogen-bond donors (Lipinski definition) is 1. The molecule has 10 nitrogen and oxygen atoms in total. The van der Waals surface area contributed by atoms with Crippen LogP contribution in [0.2, 0.25) is 0 Å². The lowest BCUT2D eigenvalue weighted by atomic mass is 10.1. The van der Waals surface area contributed by atoms with Crippen LogP contribution in [0, 0.1) is 6.92 Å². The smallest absolute Gasteiger partial charge is 0.419 e. The maximum atomic E-state index is 12.6. The maximum absolute atomic E-state index is 12.6. The molecule has 0 unspecified atom stereocenters. The van der Waals surface area contributed by atoms with Crippen LogP contribution < -0.4 is 5.32 Å². The SMILES string of the molecule is COC(=O)c1cc(-c2nc(Nc3ccnn3C)ncc2C)cn1C(=O)OC(C)(C)C. The van der Waals surface area contributed by atoms with Crippen molar-refractivity contribution < 1.29 is 19.1 Å². The molecule has 3 aromatic heterocycles. The van der Waals surface area contributed by atoms with Gasteiger partial charge in [-0.2, -0.15) is 5.10 Å². The molecule has 0 aromatic carbocycles. The first-order valence-electron chi connectivity index (χ1n) is 9.22. The Morgan fingerprint density at radius 3 is 2.57 bits per heavy atom. The molecule has 0 saturated heterocycles. The molecule has 0 aliphatic carbocycles. The number of anilines is 2. The van der Waals surface area contributed by atoms with Crippen molar-refractivity contribution >= 4 is 23.8 Å². The van der Waals surface area contributed by atoms with Crippen molar-refractivity contribution in [2.75, 3.05) is 12.4 Å². The van der Waals surface area contributed by atoms with Crippen molar-refractivity contribution in [3.63, 3.8) is 0 Å². The van der Waals surface area contributed by atoms with Crippen LogP contribution in [0.25, 0.3) is 11.3 Å². The number of carbonyl (C=O) groups excluding carboxylic acids is 2. The van der Waals surface area contributed by atoms with Gasteiger partial charge in [0.15, 0.2) is 0 Å². The molecule has 30 heavy (non-hydrogen) atoms. The highest BCUT2D eigenvalue weighted by atomic mass is 16.6. The van der Waals surface area contributed by atoms with E-state index in [0.29, 0.717) is 23.0 Å². The summed E-state index contributed by atoms with van der Waals surface area (Å²) in [5.41, 5.74) is 1.19. The Balaban J connectivity index is 2.02. The number of rotatable bonds is 4. The van der Waals surface area contributed by atoms with E-state index in [0.717, 1.165) is 10.1 Å². The molecule has 158 valence electrons. The summed E-state index contributed by atoms with van der Waals surface area (Å²) >= 11 is 0. The largest absolute Gasteiger partial charge is 0.464 e. The minimum absolute atomic E-state index is 0.0425. The van der Waals surface area contributed by atoms with E-state index >= 15 is 0 Å². The van der Waals surface area contributed by atoms with Crippen LogP contribution in [0.4, 0.5) is 16.6 Å². The number of hydrogen-bond acceptors (Lipinski definition) is 8. The monoisotopic (exact) mass is 412 g/mol. The highest BCUT2D eigenvalue weighted by molar-refractivity contribution is 5.94. The van der Waals surface area contributed by atoms with Gasteiger partial charge in [0.1, 0.15) is 17.1 Å². The number of ether oxygens (including phenoxy) is 2. The van der Waals surface area contributed by atoms with Gasteiger partial charge in [-0.25, -0.2) is 24.1 Å². The Morgan fingerprint density at radius 1 is 1.23 bits per heavy atom. The van der Waals surface area contributed by atoms with Gasteiger partial charge < -0.3 is 14.8 Å². The summed E-state index contributed by atoms with van der Waals surface area (Å²) in [6.07, 6.45) is 4.13. The summed E-state index contributed by atoms with van der Waals surface area (Å²) in [6.45, 7) is 7.08. The molecule has 3 aromatic rings. The van der Waals surface area contributed by atoms with E-state index in [2.05, 4.69) is 20.4 Å². The Morgan fingerprint density at radius 2 is 1.97 bits per heavy atom. The predicted octanol–water partition coefficient (Wildman–Crippen LogP) is 3.30. The van der Waals surface area contributed by atoms with Gasteiger partial charge in [0.05, 0.1) is 19.0 Å². The van der Waals surface area contributed by atoms with E-state index in [9.17, 15) is 9.59 Å². The number of carbonyl (C=O) groups is 2. The van der Waals surface area contributed by atoms with Crippen LogP contribution in [0.15, 0.2) is 30.7 Å². The van der Waals surface area contributed by atoms with Gasteiger partial charge >= 0.3 is 12.1 Å². The number of aryl methyl sites for hydroxylation is 2. The van der Waals surface area contributed by atoms with Crippen LogP contribution in [0.1, 0.15) is 36.8 Å². The topological polar surface area (TPSA) is 113 Å². The lowest BCUT2D eigenvalue weighted by molar-refractivity contribution is 0.0483. The lowest BCUT2D eigenvalue weighted by Gasteiger charge is -2.20. The summed E-state index contributed by atoms with van der Waals surface area (Å²) in [5.74, 6) is 0.405. The molecule has 1 N–H and O–H groups in total. The summed E-state index contributed by atoms with van der Waals surface area (Å²) in [5, 5.41) is 7.18. The van der Waals surface area contributed by atoms with Gasteiger partial charge in [0, 0.05) is 31.1 Å². The van der Waals surface area contributed by atoms with E-state index in [1.165, 1.54) is 13.3 Å². The van der Waals surface area contributed by atoms with Crippen molar-refractivity contribution in [1.29, 1.82) is 0 Å². The highest BCUT2D eigenvalue weighted by Gasteiger charge is 2.25. The number of aromatic nitrogens is 5. The van der Waals surface area contributed by atoms with Crippen LogP contribution in [0.3, 0.4) is 0 Å². The first kappa shape index (κ1) is 21.0. The van der Waals surface area contributed by atoms with Gasteiger partial charge in [-0.15, -0.1) is 0 Å². The molecule has 0 atom stereocenters. The van der Waals surface area contributed by atoms with E-state index < -0.39 is 17.7 Å². The molecule has 0 spiro atoms. The van der Waals surface area contributed by atoms with Crippen molar-refractivity contribution in [2.45, 2.75) is 33.3 Å². The number of nitrogens with zero attached hydrogens (tertiary/aromatic N) is 5. The van der Waals surface area contributed by atoms with Crippen molar-refractivity contribution in [1.82, 2.24) is 24.3 Å². The maximum Gasteiger partial charge on any atom is 0.419 e. The van der Waals surface area contributed by atoms with E-state index in [1.807, 2.05) is 6.92 Å². The third kappa shape index (κ3) is 4.48. The zero-order valence-electron chi connectivity index (χ0n) is 17.8. The molecular formula is C20H24N6O4. The fourth-order valence-corrected chi connectivity index (χ4v) is 2.72. The lowest BCUT2D eigenvalue weighted by Crippen LogP contribution is -2.28. The van der Waals surface area contributed by atoms with Crippen LogP contribution in [-0.4, -0.2) is 49.1 Å². The second-order valence-corrected chi connectivity index (χ2v) is 7.65. The Labute approximate surface area is 173 Å². The fourth-order valence-electron chi connectivity index (χ4n) is 2.72. The van der Waals surface area contributed by atoms with Crippen molar-refractivity contribution in [3.8, 4) is 11.3 Å². The summed E-state index contributed by atoms with van der Waals surface area (Å²) in [4.78, 5) is 33.7. The minimum atomic E-state index is -0.722. The zero-order valence-corrected chi connectivity index (χ0v) is 17.8. The molecule has 10 heteroatoms. The molecule has 0 aliphatic rings. The molecule has 0 aliphatic heterocycles. The second-order valence-electron chi connectivity index (χ2n) is 7.65. The summed E-state index contributed by atoms with van der Waals surface area (Å²) < 4.78 is 13.0. The summed E-state index contributed by atoms with van der Waals surface area (Å²) in [7, 11) is 3.04. The van der Waals surface area contributed by atoms with Gasteiger partial charge in [0.25, 0.3) is 0 Å². The zero-order chi connectivity index (χ0) is 22.1. The third-order valence-corrected chi connectivity index (χ3v) is 4.11. The first-order valence-corrected chi connectivity index (χ1v) is 9.22. The van der Waals surface area contributed by atoms with E-state index in [-0.39, 0.29) is 5.69 Å².